The summed E-state index contributed by atoms with van der Waals surface area (Å²) in [4.78, 5) is 39.2. The summed E-state index contributed by atoms with van der Waals surface area (Å²) in [5, 5.41) is 12.2. The van der Waals surface area contributed by atoms with Gasteiger partial charge < -0.3 is 20.1 Å². The highest BCUT2D eigenvalue weighted by Crippen LogP contribution is 2.30. The number of pyridine rings is 1. The number of H-pyrrole nitrogens is 1. The minimum atomic E-state index is -1.02. The second-order valence-corrected chi connectivity index (χ2v) is 6.96. The molecule has 25 heavy (non-hydrogen) atoms. The largest absolute Gasteiger partial charge is 0.481 e. The number of carboxylic acid groups (broad SMARTS) is 1. The van der Waals surface area contributed by atoms with E-state index in [1.54, 1.807) is 6.07 Å². The highest BCUT2D eigenvalue weighted by molar-refractivity contribution is 5.94. The Bertz CT molecular complexity index is 719. The van der Waals surface area contributed by atoms with E-state index >= 15 is 0 Å². The molecule has 0 spiro atoms. The van der Waals surface area contributed by atoms with E-state index in [4.69, 9.17) is 4.74 Å². The average Bonchev–Trinajstić information content (AvgIpc) is 2.84. The van der Waals surface area contributed by atoms with Crippen molar-refractivity contribution in [2.75, 3.05) is 19.8 Å². The SMILES string of the molecule is O=C(NCC1(C(=O)O)CCOCC1)c1cc2c([nH]c1=O)CCCCC2. The first kappa shape index (κ1) is 17.7. The quantitative estimate of drug-likeness (QED) is 0.710. The standard InChI is InChI=1S/C18H24N2O5/c21-15(19-11-18(17(23)24)6-8-25-9-7-18)13-10-12-4-2-1-3-5-14(12)20-16(13)22/h10H,1-9,11H2,(H,19,21)(H,20,22)(H,23,24). The van der Waals surface area contributed by atoms with Crippen LogP contribution in [0.25, 0.3) is 0 Å². The third kappa shape index (κ3) is 3.76. The van der Waals surface area contributed by atoms with Gasteiger partial charge in [-0.2, -0.15) is 0 Å². The van der Waals surface area contributed by atoms with Crippen LogP contribution in [0.4, 0.5) is 0 Å². The van der Waals surface area contributed by atoms with Gasteiger partial charge in [0.2, 0.25) is 0 Å². The highest BCUT2D eigenvalue weighted by atomic mass is 16.5. The first-order chi connectivity index (χ1) is 12.0. The molecule has 1 aliphatic carbocycles. The van der Waals surface area contributed by atoms with Crippen LogP contribution in [0.1, 0.15) is 53.7 Å². The Hall–Kier alpha value is -2.15. The number of nitrogens with one attached hydrogen (secondary N) is 2. The monoisotopic (exact) mass is 348 g/mol. The fourth-order valence-corrected chi connectivity index (χ4v) is 3.59. The van der Waals surface area contributed by atoms with Gasteiger partial charge in [-0.15, -0.1) is 0 Å². The molecule has 0 bridgehead atoms. The number of carbonyl (C=O) groups excluding carboxylic acids is 1. The van der Waals surface area contributed by atoms with Gasteiger partial charge in [-0.1, -0.05) is 6.42 Å². The Balaban J connectivity index is 1.76. The lowest BCUT2D eigenvalue weighted by molar-refractivity contribution is -0.154. The molecule has 7 nitrogen and oxygen atoms in total. The van der Waals surface area contributed by atoms with Gasteiger partial charge in [0.15, 0.2) is 0 Å². The molecule has 2 heterocycles. The van der Waals surface area contributed by atoms with Crippen molar-refractivity contribution >= 4 is 11.9 Å². The van der Waals surface area contributed by atoms with Crippen LogP contribution in [0.15, 0.2) is 10.9 Å². The molecule has 3 rings (SSSR count). The predicted molar refractivity (Wildman–Crippen MR) is 90.8 cm³/mol. The number of aliphatic carboxylic acids is 1. The molecule has 7 heteroatoms. The molecule has 0 atom stereocenters. The van der Waals surface area contributed by atoms with Crippen molar-refractivity contribution in [2.45, 2.75) is 44.9 Å². The summed E-state index contributed by atoms with van der Waals surface area (Å²) in [6, 6.07) is 1.67. The van der Waals surface area contributed by atoms with Crippen LogP contribution in [0.3, 0.4) is 0 Å². The minimum Gasteiger partial charge on any atom is -0.481 e. The summed E-state index contributed by atoms with van der Waals surface area (Å²) in [5.74, 6) is -1.45. The van der Waals surface area contributed by atoms with Crippen molar-refractivity contribution in [3.63, 3.8) is 0 Å². The van der Waals surface area contributed by atoms with E-state index in [9.17, 15) is 19.5 Å². The Morgan fingerprint density at radius 1 is 1.20 bits per heavy atom. The first-order valence-corrected chi connectivity index (χ1v) is 8.86. The van der Waals surface area contributed by atoms with Gasteiger partial charge in [-0.05, 0) is 50.2 Å². The number of ether oxygens (including phenoxy) is 1. The maximum absolute atomic E-state index is 12.5. The fraction of sp³-hybridized carbons (Fsp3) is 0.611. The molecule has 3 N–H and O–H groups in total. The molecule has 0 radical (unpaired) electrons. The van der Waals surface area contributed by atoms with Crippen molar-refractivity contribution < 1.29 is 19.4 Å². The molecule has 1 fully saturated rings. The molecule has 1 aromatic heterocycles. The van der Waals surface area contributed by atoms with E-state index in [2.05, 4.69) is 10.3 Å². The Morgan fingerprint density at radius 2 is 1.92 bits per heavy atom. The first-order valence-electron chi connectivity index (χ1n) is 8.86. The molecule has 1 aromatic rings. The number of aromatic nitrogens is 1. The lowest BCUT2D eigenvalue weighted by Crippen LogP contribution is -2.47. The van der Waals surface area contributed by atoms with Gasteiger partial charge in [0.1, 0.15) is 5.56 Å². The van der Waals surface area contributed by atoms with Gasteiger partial charge in [-0.3, -0.25) is 14.4 Å². The van der Waals surface area contributed by atoms with Crippen LogP contribution in [0, 0.1) is 5.41 Å². The number of carbonyl (C=O) groups is 2. The van der Waals surface area contributed by atoms with E-state index in [-0.39, 0.29) is 12.1 Å². The molecule has 0 unspecified atom stereocenters. The Morgan fingerprint density at radius 3 is 2.64 bits per heavy atom. The zero-order chi connectivity index (χ0) is 17.9. The molecule has 1 aliphatic heterocycles. The maximum Gasteiger partial charge on any atom is 0.311 e. The average molecular weight is 348 g/mol. The smallest absolute Gasteiger partial charge is 0.311 e. The van der Waals surface area contributed by atoms with Crippen LogP contribution in [0.5, 0.6) is 0 Å². The van der Waals surface area contributed by atoms with E-state index in [0.29, 0.717) is 26.1 Å². The number of aromatic amines is 1. The number of carboxylic acids is 1. The van der Waals surface area contributed by atoms with Crippen LogP contribution < -0.4 is 10.9 Å². The van der Waals surface area contributed by atoms with Crippen molar-refractivity contribution in [3.8, 4) is 0 Å². The summed E-state index contributed by atoms with van der Waals surface area (Å²) in [6.07, 6.45) is 5.57. The predicted octanol–water partition coefficient (Wildman–Crippen LogP) is 1.25. The summed E-state index contributed by atoms with van der Waals surface area (Å²) in [6.45, 7) is 0.726. The Labute approximate surface area is 145 Å². The van der Waals surface area contributed by atoms with Crippen LogP contribution in [-0.2, 0) is 22.4 Å². The zero-order valence-corrected chi connectivity index (χ0v) is 14.2. The fourth-order valence-electron chi connectivity index (χ4n) is 3.59. The minimum absolute atomic E-state index is 0.00104. The molecule has 0 saturated carbocycles. The Kier molecular flexibility index (Phi) is 5.22. The molecule has 2 aliphatic rings. The van der Waals surface area contributed by atoms with Gasteiger partial charge in [0.25, 0.3) is 11.5 Å². The van der Waals surface area contributed by atoms with Crippen LogP contribution in [0.2, 0.25) is 0 Å². The second kappa shape index (κ2) is 7.39. The number of aryl methyl sites for hydroxylation is 2. The molecule has 0 aromatic carbocycles. The summed E-state index contributed by atoms with van der Waals surface area (Å²) >= 11 is 0. The number of hydrogen-bond acceptors (Lipinski definition) is 4. The lowest BCUT2D eigenvalue weighted by atomic mass is 9.80. The number of fused-ring (bicyclic) bond motifs is 1. The molecular weight excluding hydrogens is 324 g/mol. The third-order valence-electron chi connectivity index (χ3n) is 5.32. The maximum atomic E-state index is 12.5. The van der Waals surface area contributed by atoms with E-state index in [1.165, 1.54) is 0 Å². The number of hydrogen-bond donors (Lipinski definition) is 3. The van der Waals surface area contributed by atoms with Crippen molar-refractivity contribution in [1.29, 1.82) is 0 Å². The molecule has 136 valence electrons. The van der Waals surface area contributed by atoms with Gasteiger partial charge in [0.05, 0.1) is 5.41 Å². The van der Waals surface area contributed by atoms with Crippen molar-refractivity contribution in [3.05, 3.63) is 33.2 Å². The van der Waals surface area contributed by atoms with Crippen molar-refractivity contribution in [1.82, 2.24) is 10.3 Å². The molecule has 1 saturated heterocycles. The highest BCUT2D eigenvalue weighted by Gasteiger charge is 2.40. The number of amides is 1. The van der Waals surface area contributed by atoms with Gasteiger partial charge in [-0.25, -0.2) is 0 Å². The van der Waals surface area contributed by atoms with Crippen LogP contribution >= 0.6 is 0 Å². The molecular formula is C18H24N2O5. The summed E-state index contributed by atoms with van der Waals surface area (Å²) in [7, 11) is 0. The number of rotatable bonds is 4. The third-order valence-corrected chi connectivity index (χ3v) is 5.32. The van der Waals surface area contributed by atoms with Crippen LogP contribution in [-0.4, -0.2) is 41.7 Å². The summed E-state index contributed by atoms with van der Waals surface area (Å²) in [5.41, 5.74) is 0.571. The normalized spacial score (nSPS) is 19.5. The van der Waals surface area contributed by atoms with E-state index < -0.39 is 22.9 Å². The van der Waals surface area contributed by atoms with Gasteiger partial charge in [0, 0.05) is 25.5 Å². The van der Waals surface area contributed by atoms with Gasteiger partial charge >= 0.3 is 5.97 Å². The lowest BCUT2D eigenvalue weighted by Gasteiger charge is -2.33. The second-order valence-electron chi connectivity index (χ2n) is 6.96. The summed E-state index contributed by atoms with van der Waals surface area (Å²) < 4.78 is 5.23. The van der Waals surface area contributed by atoms with E-state index in [0.717, 1.165) is 43.4 Å². The zero-order valence-electron chi connectivity index (χ0n) is 14.2. The molecule has 1 amide bonds. The topological polar surface area (TPSA) is 108 Å². The van der Waals surface area contributed by atoms with Crippen molar-refractivity contribution in [2.24, 2.45) is 5.41 Å². The van der Waals surface area contributed by atoms with E-state index in [1.807, 2.05) is 0 Å².